The molecule has 108 valence electrons. The molecule has 2 heterocycles. The summed E-state index contributed by atoms with van der Waals surface area (Å²) in [4.78, 5) is 8.70. The zero-order chi connectivity index (χ0) is 14.8. The molecule has 3 rings (SSSR count). The molecule has 1 unspecified atom stereocenters. The Bertz CT molecular complexity index is 748. The van der Waals surface area contributed by atoms with E-state index >= 15 is 0 Å². The molecule has 5 nitrogen and oxygen atoms in total. The Labute approximate surface area is 131 Å². The van der Waals surface area contributed by atoms with Gasteiger partial charge in [-0.3, -0.25) is 14.6 Å². The Hall–Kier alpha value is -1.79. The minimum absolute atomic E-state index is 0.0586. The number of halogens is 1. The molecule has 1 N–H and O–H groups in total. The molecule has 0 bridgehead atoms. The van der Waals surface area contributed by atoms with Gasteiger partial charge in [-0.15, -0.1) is 0 Å². The third-order valence-electron chi connectivity index (χ3n) is 3.45. The standard InChI is InChI=1S/C15H16BrN5/c1-3-17-14(15-11(16)9-20-21(15)2)10-4-5-12-13(8-10)19-7-6-18-12/h4-9,14,17H,3H2,1-2H3. The van der Waals surface area contributed by atoms with Gasteiger partial charge in [0.05, 0.1) is 33.4 Å². The van der Waals surface area contributed by atoms with Gasteiger partial charge in [0.15, 0.2) is 0 Å². The van der Waals surface area contributed by atoms with Gasteiger partial charge >= 0.3 is 0 Å². The van der Waals surface area contributed by atoms with Crippen LogP contribution in [0.25, 0.3) is 11.0 Å². The van der Waals surface area contributed by atoms with Gasteiger partial charge in [0.25, 0.3) is 0 Å². The van der Waals surface area contributed by atoms with E-state index in [1.54, 1.807) is 12.4 Å². The van der Waals surface area contributed by atoms with Gasteiger partial charge in [-0.05, 0) is 40.2 Å². The summed E-state index contributed by atoms with van der Waals surface area (Å²) in [6.45, 7) is 2.96. The molecule has 0 aliphatic carbocycles. The second kappa shape index (κ2) is 5.91. The number of hydrogen-bond donors (Lipinski definition) is 1. The summed E-state index contributed by atoms with van der Waals surface area (Å²) in [6.07, 6.45) is 5.25. The van der Waals surface area contributed by atoms with Crippen LogP contribution >= 0.6 is 15.9 Å². The van der Waals surface area contributed by atoms with E-state index < -0.39 is 0 Å². The summed E-state index contributed by atoms with van der Waals surface area (Å²) < 4.78 is 2.88. The fraction of sp³-hybridized carbons (Fsp3) is 0.267. The largest absolute Gasteiger partial charge is 0.305 e. The second-order valence-corrected chi connectivity index (χ2v) is 5.65. The molecule has 3 aromatic rings. The van der Waals surface area contributed by atoms with Crippen molar-refractivity contribution < 1.29 is 0 Å². The van der Waals surface area contributed by atoms with Crippen LogP contribution in [-0.2, 0) is 7.05 Å². The zero-order valence-electron chi connectivity index (χ0n) is 11.9. The molecular formula is C15H16BrN5. The number of fused-ring (bicyclic) bond motifs is 1. The molecule has 0 aliphatic heterocycles. The van der Waals surface area contributed by atoms with Crippen molar-refractivity contribution in [1.82, 2.24) is 25.1 Å². The summed E-state index contributed by atoms with van der Waals surface area (Å²) >= 11 is 3.58. The number of benzene rings is 1. The van der Waals surface area contributed by atoms with Crippen LogP contribution in [-0.4, -0.2) is 26.3 Å². The maximum atomic E-state index is 4.39. The number of nitrogens with zero attached hydrogens (tertiary/aromatic N) is 4. The van der Waals surface area contributed by atoms with E-state index in [4.69, 9.17) is 0 Å². The fourth-order valence-corrected chi connectivity index (χ4v) is 3.06. The maximum absolute atomic E-state index is 4.39. The van der Waals surface area contributed by atoms with Gasteiger partial charge in [-0.2, -0.15) is 5.10 Å². The lowest BCUT2D eigenvalue weighted by Crippen LogP contribution is -2.24. The van der Waals surface area contributed by atoms with Crippen LogP contribution in [0.5, 0.6) is 0 Å². The van der Waals surface area contributed by atoms with Crippen molar-refractivity contribution in [2.45, 2.75) is 13.0 Å². The number of rotatable bonds is 4. The fourth-order valence-electron chi connectivity index (χ4n) is 2.48. The monoisotopic (exact) mass is 345 g/mol. The lowest BCUT2D eigenvalue weighted by molar-refractivity contribution is 0.571. The van der Waals surface area contributed by atoms with Crippen molar-refractivity contribution >= 4 is 27.0 Å². The van der Waals surface area contributed by atoms with E-state index in [9.17, 15) is 0 Å². The van der Waals surface area contributed by atoms with E-state index in [0.29, 0.717) is 0 Å². The number of nitrogens with one attached hydrogen (secondary N) is 1. The smallest absolute Gasteiger partial charge is 0.0890 e. The molecule has 0 saturated carbocycles. The Balaban J connectivity index is 2.11. The summed E-state index contributed by atoms with van der Waals surface area (Å²) in [6, 6.07) is 6.23. The SMILES string of the molecule is CCNC(c1ccc2nccnc2c1)c1c(Br)cnn1C. The molecule has 0 aliphatic rings. The molecule has 0 spiro atoms. The normalized spacial score (nSPS) is 12.7. The van der Waals surface area contributed by atoms with Crippen LogP contribution in [0, 0.1) is 0 Å². The molecule has 1 aromatic carbocycles. The van der Waals surface area contributed by atoms with E-state index in [-0.39, 0.29) is 6.04 Å². The first-order valence-corrected chi connectivity index (χ1v) is 7.61. The van der Waals surface area contributed by atoms with Crippen LogP contribution in [0.2, 0.25) is 0 Å². The van der Waals surface area contributed by atoms with Crippen molar-refractivity contribution in [2.24, 2.45) is 7.05 Å². The van der Waals surface area contributed by atoms with E-state index in [1.807, 2.05) is 24.0 Å². The predicted octanol–water partition coefficient (Wildman–Crippen LogP) is 2.82. The van der Waals surface area contributed by atoms with Gasteiger partial charge in [0.1, 0.15) is 0 Å². The zero-order valence-corrected chi connectivity index (χ0v) is 13.5. The molecule has 21 heavy (non-hydrogen) atoms. The lowest BCUT2D eigenvalue weighted by atomic mass is 10.0. The Morgan fingerprint density at radius 1 is 1.24 bits per heavy atom. The Morgan fingerprint density at radius 3 is 2.67 bits per heavy atom. The van der Waals surface area contributed by atoms with Gasteiger partial charge < -0.3 is 5.32 Å². The maximum Gasteiger partial charge on any atom is 0.0890 e. The van der Waals surface area contributed by atoms with Crippen LogP contribution in [0.1, 0.15) is 24.2 Å². The van der Waals surface area contributed by atoms with Crippen molar-refractivity contribution in [1.29, 1.82) is 0 Å². The first-order chi connectivity index (χ1) is 10.2. The highest BCUT2D eigenvalue weighted by atomic mass is 79.9. The van der Waals surface area contributed by atoms with Gasteiger partial charge in [0.2, 0.25) is 0 Å². The van der Waals surface area contributed by atoms with Crippen LogP contribution in [0.15, 0.2) is 41.3 Å². The van der Waals surface area contributed by atoms with Crippen molar-refractivity contribution in [2.75, 3.05) is 6.54 Å². The van der Waals surface area contributed by atoms with Crippen LogP contribution < -0.4 is 5.32 Å². The van der Waals surface area contributed by atoms with E-state index in [2.05, 4.69) is 55.4 Å². The molecule has 0 saturated heterocycles. The average Bonchev–Trinajstić information content (AvgIpc) is 2.84. The summed E-state index contributed by atoms with van der Waals surface area (Å²) in [7, 11) is 1.95. The number of aryl methyl sites for hydroxylation is 1. The number of aromatic nitrogens is 4. The third kappa shape index (κ3) is 2.69. The molecule has 2 aromatic heterocycles. The second-order valence-electron chi connectivity index (χ2n) is 4.80. The third-order valence-corrected chi connectivity index (χ3v) is 4.06. The van der Waals surface area contributed by atoms with Crippen LogP contribution in [0.3, 0.4) is 0 Å². The topological polar surface area (TPSA) is 55.6 Å². The Morgan fingerprint density at radius 2 is 2.00 bits per heavy atom. The number of hydrogen-bond acceptors (Lipinski definition) is 4. The minimum Gasteiger partial charge on any atom is -0.305 e. The lowest BCUT2D eigenvalue weighted by Gasteiger charge is -2.19. The summed E-state index contributed by atoms with van der Waals surface area (Å²) in [5, 5.41) is 7.82. The molecule has 0 amide bonds. The first-order valence-electron chi connectivity index (χ1n) is 6.82. The first kappa shape index (κ1) is 14.2. The molecule has 0 radical (unpaired) electrons. The molecule has 0 fully saturated rings. The highest BCUT2D eigenvalue weighted by Crippen LogP contribution is 2.29. The van der Waals surface area contributed by atoms with Crippen molar-refractivity contribution in [3.05, 3.63) is 52.5 Å². The van der Waals surface area contributed by atoms with Gasteiger partial charge in [-0.1, -0.05) is 13.0 Å². The quantitative estimate of drug-likeness (QED) is 0.789. The molecule has 6 heteroatoms. The van der Waals surface area contributed by atoms with E-state index in [0.717, 1.165) is 33.3 Å². The average molecular weight is 346 g/mol. The molecular weight excluding hydrogens is 330 g/mol. The predicted molar refractivity (Wildman–Crippen MR) is 86.0 cm³/mol. The van der Waals surface area contributed by atoms with Gasteiger partial charge in [-0.25, -0.2) is 0 Å². The highest BCUT2D eigenvalue weighted by molar-refractivity contribution is 9.10. The van der Waals surface area contributed by atoms with E-state index in [1.165, 1.54) is 0 Å². The molecule has 1 atom stereocenters. The highest BCUT2D eigenvalue weighted by Gasteiger charge is 2.20. The minimum atomic E-state index is 0.0586. The Kier molecular flexibility index (Phi) is 3.98. The van der Waals surface area contributed by atoms with Crippen LogP contribution in [0.4, 0.5) is 0 Å². The summed E-state index contributed by atoms with van der Waals surface area (Å²) in [5.74, 6) is 0. The van der Waals surface area contributed by atoms with Crippen molar-refractivity contribution in [3.63, 3.8) is 0 Å². The van der Waals surface area contributed by atoms with Crippen molar-refractivity contribution in [3.8, 4) is 0 Å². The summed E-state index contributed by atoms with van der Waals surface area (Å²) in [5.41, 5.74) is 4.05. The van der Waals surface area contributed by atoms with Gasteiger partial charge in [0, 0.05) is 19.4 Å².